The Morgan fingerprint density at radius 1 is 1.23 bits per heavy atom. The molecule has 4 nitrogen and oxygen atoms in total. The molecule has 1 unspecified atom stereocenters. The van der Waals surface area contributed by atoms with Crippen molar-refractivity contribution in [2.24, 2.45) is 0 Å². The highest BCUT2D eigenvalue weighted by molar-refractivity contribution is 7.99. The molecule has 1 fully saturated rings. The van der Waals surface area contributed by atoms with Gasteiger partial charge in [-0.3, -0.25) is 4.57 Å². The van der Waals surface area contributed by atoms with Crippen LogP contribution in [0.1, 0.15) is 33.1 Å². The van der Waals surface area contributed by atoms with Crippen LogP contribution in [0.5, 0.6) is 0 Å². The Morgan fingerprint density at radius 3 is 2.64 bits per heavy atom. The monoisotopic (exact) mass is 336 g/mol. The van der Waals surface area contributed by atoms with Crippen LogP contribution in [0.3, 0.4) is 0 Å². The Balaban J connectivity index is 2.06. The second kappa shape index (κ2) is 6.92. The number of anilines is 1. The summed E-state index contributed by atoms with van der Waals surface area (Å²) in [6.45, 7) is 6.48. The summed E-state index contributed by atoms with van der Waals surface area (Å²) in [5, 5.41) is 11.1. The molecule has 2 aromatic rings. The van der Waals surface area contributed by atoms with Crippen LogP contribution in [0.15, 0.2) is 29.4 Å². The van der Waals surface area contributed by atoms with E-state index >= 15 is 0 Å². The summed E-state index contributed by atoms with van der Waals surface area (Å²) in [6, 6.07) is 7.91. The summed E-state index contributed by atoms with van der Waals surface area (Å²) in [7, 11) is 0. The predicted octanol–water partition coefficient (Wildman–Crippen LogP) is 4.41. The van der Waals surface area contributed by atoms with Gasteiger partial charge in [0, 0.05) is 18.3 Å². The summed E-state index contributed by atoms with van der Waals surface area (Å²) in [6.07, 6.45) is 3.52. The molecule has 118 valence electrons. The van der Waals surface area contributed by atoms with Crippen molar-refractivity contribution in [3.63, 3.8) is 0 Å². The maximum Gasteiger partial charge on any atom is 0.232 e. The molecule has 0 radical (unpaired) electrons. The Morgan fingerprint density at radius 2 is 1.95 bits per heavy atom. The van der Waals surface area contributed by atoms with Gasteiger partial charge in [-0.2, -0.15) is 0 Å². The van der Waals surface area contributed by atoms with E-state index in [9.17, 15) is 0 Å². The Kier molecular flexibility index (Phi) is 4.93. The fraction of sp³-hybridized carbons (Fsp3) is 0.500. The number of halogens is 1. The minimum absolute atomic E-state index is 0.497. The third-order valence-electron chi connectivity index (χ3n) is 3.98. The molecule has 1 aliphatic rings. The number of nitrogens with zero attached hydrogens (tertiary/aromatic N) is 4. The van der Waals surface area contributed by atoms with E-state index in [-0.39, 0.29) is 0 Å². The highest BCUT2D eigenvalue weighted by Gasteiger charge is 2.24. The van der Waals surface area contributed by atoms with Gasteiger partial charge in [-0.1, -0.05) is 49.3 Å². The zero-order valence-electron chi connectivity index (χ0n) is 13.0. The van der Waals surface area contributed by atoms with E-state index in [1.54, 1.807) is 11.8 Å². The first-order valence-electron chi connectivity index (χ1n) is 7.82. The Labute approximate surface area is 140 Å². The topological polar surface area (TPSA) is 34.0 Å². The highest BCUT2D eigenvalue weighted by Crippen LogP contribution is 2.33. The SMILES string of the molecule is CCC(C)Sc1nnc(N2CCCC2)n1-c1ccccc1Cl. The van der Waals surface area contributed by atoms with Gasteiger partial charge in [0.05, 0.1) is 10.7 Å². The maximum atomic E-state index is 6.43. The van der Waals surface area contributed by atoms with Crippen LogP contribution < -0.4 is 4.90 Å². The van der Waals surface area contributed by atoms with E-state index in [1.165, 1.54) is 12.8 Å². The number of hydrogen-bond donors (Lipinski definition) is 0. The second-order valence-corrected chi connectivity index (χ2v) is 7.41. The largest absolute Gasteiger partial charge is 0.341 e. The van der Waals surface area contributed by atoms with E-state index in [1.807, 2.05) is 24.3 Å². The van der Waals surface area contributed by atoms with Crippen molar-refractivity contribution in [1.82, 2.24) is 14.8 Å². The number of hydrogen-bond acceptors (Lipinski definition) is 4. The fourth-order valence-corrected chi connectivity index (χ4v) is 3.69. The quantitative estimate of drug-likeness (QED) is 0.757. The van der Waals surface area contributed by atoms with E-state index in [0.717, 1.165) is 41.3 Å². The van der Waals surface area contributed by atoms with Crippen LogP contribution in [-0.2, 0) is 0 Å². The average molecular weight is 337 g/mol. The van der Waals surface area contributed by atoms with Crippen LogP contribution in [0.4, 0.5) is 5.95 Å². The van der Waals surface area contributed by atoms with Crippen LogP contribution >= 0.6 is 23.4 Å². The van der Waals surface area contributed by atoms with Crippen molar-refractivity contribution < 1.29 is 0 Å². The molecule has 0 bridgehead atoms. The minimum Gasteiger partial charge on any atom is -0.341 e. The van der Waals surface area contributed by atoms with Gasteiger partial charge >= 0.3 is 0 Å². The van der Waals surface area contributed by atoms with Gasteiger partial charge in [0.25, 0.3) is 0 Å². The zero-order valence-corrected chi connectivity index (χ0v) is 14.6. The van der Waals surface area contributed by atoms with E-state index in [0.29, 0.717) is 5.25 Å². The molecule has 1 atom stereocenters. The lowest BCUT2D eigenvalue weighted by Crippen LogP contribution is -2.22. The van der Waals surface area contributed by atoms with Crippen molar-refractivity contribution in [2.75, 3.05) is 18.0 Å². The lowest BCUT2D eigenvalue weighted by Gasteiger charge is -2.19. The molecule has 0 amide bonds. The third-order valence-corrected chi connectivity index (χ3v) is 5.51. The summed E-state index contributed by atoms with van der Waals surface area (Å²) >= 11 is 8.19. The Hall–Kier alpha value is -1.20. The van der Waals surface area contributed by atoms with Gasteiger partial charge in [0.15, 0.2) is 5.16 Å². The fourth-order valence-electron chi connectivity index (χ4n) is 2.57. The van der Waals surface area contributed by atoms with Crippen LogP contribution in [0.2, 0.25) is 5.02 Å². The molecule has 3 rings (SSSR count). The number of rotatable bonds is 5. The number of aromatic nitrogens is 3. The third kappa shape index (κ3) is 3.10. The molecule has 0 saturated carbocycles. The first-order chi connectivity index (χ1) is 10.7. The lowest BCUT2D eigenvalue weighted by molar-refractivity contribution is 0.830. The van der Waals surface area contributed by atoms with Crippen molar-refractivity contribution in [1.29, 1.82) is 0 Å². The first kappa shape index (κ1) is 15.7. The molecule has 0 aliphatic carbocycles. The number of para-hydroxylation sites is 1. The van der Waals surface area contributed by atoms with Gasteiger partial charge in [0.1, 0.15) is 0 Å². The smallest absolute Gasteiger partial charge is 0.232 e. The normalized spacial score (nSPS) is 16.2. The van der Waals surface area contributed by atoms with Gasteiger partial charge in [0.2, 0.25) is 5.95 Å². The highest BCUT2D eigenvalue weighted by atomic mass is 35.5. The molecule has 6 heteroatoms. The second-order valence-electron chi connectivity index (χ2n) is 5.60. The Bertz CT molecular complexity index is 637. The number of benzene rings is 1. The summed E-state index contributed by atoms with van der Waals surface area (Å²) < 4.78 is 2.12. The van der Waals surface area contributed by atoms with E-state index in [2.05, 4.69) is 33.5 Å². The molecule has 22 heavy (non-hydrogen) atoms. The van der Waals surface area contributed by atoms with Crippen molar-refractivity contribution in [3.8, 4) is 5.69 Å². The summed E-state index contributed by atoms with van der Waals surface area (Å²) in [4.78, 5) is 2.30. The average Bonchev–Trinajstić information content (AvgIpc) is 3.17. The molecule has 1 saturated heterocycles. The predicted molar refractivity (Wildman–Crippen MR) is 93.4 cm³/mol. The van der Waals surface area contributed by atoms with E-state index in [4.69, 9.17) is 11.6 Å². The zero-order chi connectivity index (χ0) is 15.5. The molecule has 2 heterocycles. The first-order valence-corrected chi connectivity index (χ1v) is 9.08. The van der Waals surface area contributed by atoms with Gasteiger partial charge in [-0.25, -0.2) is 0 Å². The molecule has 1 aromatic heterocycles. The van der Waals surface area contributed by atoms with Crippen LogP contribution in [-0.4, -0.2) is 33.1 Å². The molecule has 0 N–H and O–H groups in total. The molecular weight excluding hydrogens is 316 g/mol. The summed E-state index contributed by atoms with van der Waals surface area (Å²) in [5.41, 5.74) is 0.960. The van der Waals surface area contributed by atoms with Crippen molar-refractivity contribution in [2.45, 2.75) is 43.5 Å². The van der Waals surface area contributed by atoms with Crippen LogP contribution in [0, 0.1) is 0 Å². The maximum absolute atomic E-state index is 6.43. The lowest BCUT2D eigenvalue weighted by atomic mass is 10.3. The van der Waals surface area contributed by atoms with Crippen molar-refractivity contribution in [3.05, 3.63) is 29.3 Å². The van der Waals surface area contributed by atoms with Crippen molar-refractivity contribution >= 4 is 29.3 Å². The van der Waals surface area contributed by atoms with Gasteiger partial charge < -0.3 is 4.90 Å². The number of thioether (sulfide) groups is 1. The minimum atomic E-state index is 0.497. The molecular formula is C16H21ClN4S. The summed E-state index contributed by atoms with van der Waals surface area (Å²) in [5.74, 6) is 0.913. The standard InChI is InChI=1S/C16H21ClN4S/c1-3-12(2)22-16-19-18-15(20-10-6-7-11-20)21(16)14-9-5-4-8-13(14)17/h4-5,8-9,12H,3,6-7,10-11H2,1-2H3. The molecule has 1 aromatic carbocycles. The molecule has 1 aliphatic heterocycles. The van der Waals surface area contributed by atoms with Crippen LogP contribution in [0.25, 0.3) is 5.69 Å². The van der Waals surface area contributed by atoms with Gasteiger partial charge in [-0.15, -0.1) is 10.2 Å². The molecule has 0 spiro atoms. The van der Waals surface area contributed by atoms with E-state index < -0.39 is 0 Å². The van der Waals surface area contributed by atoms with Gasteiger partial charge in [-0.05, 0) is 31.4 Å².